The van der Waals surface area contributed by atoms with Gasteiger partial charge in [0.2, 0.25) is 0 Å². The van der Waals surface area contributed by atoms with Gasteiger partial charge in [-0.15, -0.1) is 0 Å². The molecule has 0 bridgehead atoms. The summed E-state index contributed by atoms with van der Waals surface area (Å²) in [6.07, 6.45) is 0.917. The fourth-order valence-electron chi connectivity index (χ4n) is 4.68. The Balaban J connectivity index is 1.70. The van der Waals surface area contributed by atoms with Gasteiger partial charge in [0.25, 0.3) is 0 Å². The van der Waals surface area contributed by atoms with Crippen molar-refractivity contribution in [1.29, 1.82) is 0 Å². The normalized spacial score (nSPS) is 16.8. The summed E-state index contributed by atoms with van der Waals surface area (Å²) in [7, 11) is 3.35. The molecule has 1 atom stereocenters. The molecular formula is C28H32ClFN2O3. The lowest BCUT2D eigenvalue weighted by atomic mass is 10.0. The fraction of sp³-hybridized carbons (Fsp3) is 0.357. The van der Waals surface area contributed by atoms with Gasteiger partial charge < -0.3 is 14.2 Å². The number of rotatable bonds is 9. The average Bonchev–Trinajstić information content (AvgIpc) is 2.87. The van der Waals surface area contributed by atoms with Gasteiger partial charge in [0.15, 0.2) is 0 Å². The summed E-state index contributed by atoms with van der Waals surface area (Å²) in [5.41, 5.74) is 3.11. The van der Waals surface area contributed by atoms with Crippen molar-refractivity contribution in [2.24, 2.45) is 0 Å². The smallest absolute Gasteiger partial charge is 0.125 e. The van der Waals surface area contributed by atoms with Crippen LogP contribution in [0.25, 0.3) is 0 Å². The molecule has 1 saturated heterocycles. The first-order valence-corrected chi connectivity index (χ1v) is 12.3. The maximum absolute atomic E-state index is 13.7. The molecule has 1 heterocycles. The molecular weight excluding hydrogens is 467 g/mol. The van der Waals surface area contributed by atoms with Crippen LogP contribution < -0.4 is 14.2 Å². The van der Waals surface area contributed by atoms with Crippen molar-refractivity contribution >= 4 is 11.6 Å². The van der Waals surface area contributed by atoms with Crippen molar-refractivity contribution in [3.8, 4) is 17.2 Å². The summed E-state index contributed by atoms with van der Waals surface area (Å²) in [6.45, 7) is 5.76. The van der Waals surface area contributed by atoms with Gasteiger partial charge in [-0.1, -0.05) is 29.8 Å². The Labute approximate surface area is 212 Å². The Hall–Kier alpha value is -2.80. The van der Waals surface area contributed by atoms with Crippen molar-refractivity contribution in [2.75, 3.05) is 33.9 Å². The predicted octanol–water partition coefficient (Wildman–Crippen LogP) is 6.30. The summed E-state index contributed by atoms with van der Waals surface area (Å²) >= 11 is 6.42. The highest BCUT2D eigenvalue weighted by molar-refractivity contribution is 6.31. The maximum atomic E-state index is 13.7. The van der Waals surface area contributed by atoms with Gasteiger partial charge in [-0.25, -0.2) is 4.39 Å². The summed E-state index contributed by atoms with van der Waals surface area (Å²) in [4.78, 5) is 4.81. The van der Waals surface area contributed by atoms with E-state index in [4.69, 9.17) is 25.8 Å². The molecule has 5 nitrogen and oxygen atoms in total. The van der Waals surface area contributed by atoms with Crippen LogP contribution in [-0.2, 0) is 13.1 Å². The van der Waals surface area contributed by atoms with Gasteiger partial charge in [0, 0.05) is 36.8 Å². The Kier molecular flexibility index (Phi) is 8.50. The van der Waals surface area contributed by atoms with Crippen LogP contribution in [0.1, 0.15) is 36.2 Å². The summed E-state index contributed by atoms with van der Waals surface area (Å²) < 4.78 is 30.6. The quantitative estimate of drug-likeness (QED) is 0.346. The van der Waals surface area contributed by atoms with E-state index < -0.39 is 0 Å². The van der Waals surface area contributed by atoms with Gasteiger partial charge in [-0.2, -0.15) is 0 Å². The number of methoxy groups -OCH3 is 2. The zero-order valence-electron chi connectivity index (χ0n) is 20.5. The average molecular weight is 499 g/mol. The lowest BCUT2D eigenvalue weighted by molar-refractivity contribution is -0.0104. The minimum atomic E-state index is -0.333. The van der Waals surface area contributed by atoms with Crippen LogP contribution in [-0.4, -0.2) is 43.7 Å². The monoisotopic (exact) mass is 498 g/mol. The Morgan fingerprint density at radius 3 is 2.26 bits per heavy atom. The molecule has 1 aliphatic rings. The molecule has 1 fully saturated rings. The van der Waals surface area contributed by atoms with Crippen LogP contribution in [0.5, 0.6) is 17.2 Å². The molecule has 0 spiro atoms. The van der Waals surface area contributed by atoms with E-state index in [-0.39, 0.29) is 12.0 Å². The second-order valence-corrected chi connectivity index (χ2v) is 9.00. The first kappa shape index (κ1) is 25.3. The molecule has 0 unspecified atom stereocenters. The van der Waals surface area contributed by atoms with Crippen LogP contribution in [0.2, 0.25) is 5.02 Å². The molecule has 3 aromatic carbocycles. The number of benzene rings is 3. The van der Waals surface area contributed by atoms with E-state index in [9.17, 15) is 4.39 Å². The lowest BCUT2D eigenvalue weighted by Crippen LogP contribution is -2.47. The van der Waals surface area contributed by atoms with E-state index >= 15 is 0 Å². The van der Waals surface area contributed by atoms with E-state index in [0.29, 0.717) is 18.2 Å². The number of hydrogen-bond donors (Lipinski definition) is 0. The summed E-state index contributed by atoms with van der Waals surface area (Å²) in [5, 5.41) is 0.435. The molecule has 0 aliphatic carbocycles. The van der Waals surface area contributed by atoms with Crippen LogP contribution in [0.4, 0.5) is 4.39 Å². The van der Waals surface area contributed by atoms with Gasteiger partial charge in [-0.3, -0.25) is 9.80 Å². The Morgan fingerprint density at radius 2 is 1.60 bits per heavy atom. The second-order valence-electron chi connectivity index (χ2n) is 8.59. The number of halogens is 2. The molecule has 35 heavy (non-hydrogen) atoms. The topological polar surface area (TPSA) is 34.2 Å². The van der Waals surface area contributed by atoms with Gasteiger partial charge >= 0.3 is 0 Å². The van der Waals surface area contributed by atoms with Crippen LogP contribution in [0, 0.1) is 5.82 Å². The molecule has 0 saturated carbocycles. The second kappa shape index (κ2) is 11.8. The highest BCUT2D eigenvalue weighted by Crippen LogP contribution is 2.39. The van der Waals surface area contributed by atoms with Gasteiger partial charge in [0.05, 0.1) is 27.0 Å². The minimum Gasteiger partial charge on any atom is -0.497 e. The Morgan fingerprint density at radius 1 is 0.886 bits per heavy atom. The van der Waals surface area contributed by atoms with Gasteiger partial charge in [0.1, 0.15) is 23.1 Å². The van der Waals surface area contributed by atoms with E-state index in [1.807, 2.05) is 37.3 Å². The molecule has 0 amide bonds. The lowest BCUT2D eigenvalue weighted by Gasteiger charge is -2.45. The zero-order chi connectivity index (χ0) is 24.8. The largest absolute Gasteiger partial charge is 0.497 e. The number of ether oxygens (including phenoxy) is 3. The molecule has 0 radical (unpaired) electrons. The molecule has 7 heteroatoms. The minimum absolute atomic E-state index is 0.0820. The van der Waals surface area contributed by atoms with Gasteiger partial charge in [-0.05, 0) is 66.9 Å². The highest BCUT2D eigenvalue weighted by Gasteiger charge is 2.33. The zero-order valence-corrected chi connectivity index (χ0v) is 21.2. The molecule has 186 valence electrons. The van der Waals surface area contributed by atoms with Crippen molar-refractivity contribution in [3.05, 3.63) is 88.2 Å². The Bertz CT molecular complexity index is 1130. The van der Waals surface area contributed by atoms with Crippen LogP contribution in [0.15, 0.2) is 60.7 Å². The van der Waals surface area contributed by atoms with Crippen LogP contribution in [0.3, 0.4) is 0 Å². The van der Waals surface area contributed by atoms with E-state index in [2.05, 4.69) is 21.9 Å². The summed E-state index contributed by atoms with van der Waals surface area (Å²) in [6, 6.07) is 18.7. The number of nitrogens with zero attached hydrogens (tertiary/aromatic N) is 2. The predicted molar refractivity (Wildman–Crippen MR) is 137 cm³/mol. The maximum Gasteiger partial charge on any atom is 0.125 e. The molecule has 0 aromatic heterocycles. The SMILES string of the molecule is CCOc1ccc(CN2CCCN(Cc3ccc(F)cc3Cl)[C@@H]2c2cc(OC)ccc2OC)cc1. The van der Waals surface area contributed by atoms with Crippen LogP contribution >= 0.6 is 11.6 Å². The third kappa shape index (κ3) is 6.07. The molecule has 0 N–H and O–H groups in total. The first-order valence-electron chi connectivity index (χ1n) is 11.9. The number of hydrogen-bond acceptors (Lipinski definition) is 5. The molecule has 4 rings (SSSR count). The highest BCUT2D eigenvalue weighted by atomic mass is 35.5. The van der Waals surface area contributed by atoms with Crippen molar-refractivity contribution < 1.29 is 18.6 Å². The molecule has 1 aliphatic heterocycles. The standard InChI is InChI=1S/C28H32ClFN2O3/c1-4-35-23-10-6-20(7-11-23)18-31-14-5-15-32(19-21-8-9-22(30)16-26(21)29)28(31)25-17-24(33-2)12-13-27(25)34-3/h6-13,16-17,28H,4-5,14-15,18-19H2,1-3H3/t28-/m1/s1. The third-order valence-electron chi connectivity index (χ3n) is 6.31. The molecule has 3 aromatic rings. The van der Waals surface area contributed by atoms with E-state index in [1.54, 1.807) is 20.3 Å². The van der Waals surface area contributed by atoms with Crippen molar-refractivity contribution in [1.82, 2.24) is 9.80 Å². The third-order valence-corrected chi connectivity index (χ3v) is 6.66. The summed E-state index contributed by atoms with van der Waals surface area (Å²) in [5.74, 6) is 2.10. The van der Waals surface area contributed by atoms with Crippen molar-refractivity contribution in [3.63, 3.8) is 0 Å². The first-order chi connectivity index (χ1) is 17.0. The van der Waals surface area contributed by atoms with E-state index in [0.717, 1.165) is 54.4 Å². The van der Waals surface area contributed by atoms with Crippen molar-refractivity contribution in [2.45, 2.75) is 32.6 Å². The van der Waals surface area contributed by atoms with E-state index in [1.165, 1.54) is 17.7 Å². The fourth-order valence-corrected chi connectivity index (χ4v) is 4.91.